The van der Waals surface area contributed by atoms with Gasteiger partial charge in [-0.2, -0.15) is 5.10 Å². The maximum Gasteiger partial charge on any atom is 0.181 e. The third kappa shape index (κ3) is 2.02. The lowest BCUT2D eigenvalue weighted by atomic mass is 10.00. The van der Waals surface area contributed by atoms with Gasteiger partial charge in [0, 0.05) is 11.6 Å². The molecule has 1 aromatic heterocycles. The highest BCUT2D eigenvalue weighted by atomic mass is 32.2. The summed E-state index contributed by atoms with van der Waals surface area (Å²) in [6, 6.07) is 8.63. The summed E-state index contributed by atoms with van der Waals surface area (Å²) in [5, 5.41) is 6.38. The second kappa shape index (κ2) is 4.38. The third-order valence-electron chi connectivity index (χ3n) is 3.57. The van der Waals surface area contributed by atoms with Crippen LogP contribution in [0.15, 0.2) is 35.2 Å². The average Bonchev–Trinajstić information content (AvgIpc) is 2.73. The second-order valence-electron chi connectivity index (χ2n) is 4.80. The highest BCUT2D eigenvalue weighted by Gasteiger charge is 2.34. The van der Waals surface area contributed by atoms with Crippen molar-refractivity contribution in [3.05, 3.63) is 30.3 Å². The van der Waals surface area contributed by atoms with Gasteiger partial charge in [-0.1, -0.05) is 24.6 Å². The number of anilines is 1. The van der Waals surface area contributed by atoms with Crippen molar-refractivity contribution in [2.45, 2.75) is 29.4 Å². The number of aromatic amines is 1. The summed E-state index contributed by atoms with van der Waals surface area (Å²) < 4.78 is 25.1. The Hall–Kier alpha value is -1.82. The van der Waals surface area contributed by atoms with Crippen LogP contribution in [0.2, 0.25) is 0 Å². The fourth-order valence-corrected chi connectivity index (χ4v) is 4.34. The molecule has 0 saturated heterocycles. The number of benzene rings is 1. The van der Waals surface area contributed by atoms with Gasteiger partial charge in [-0.05, 0) is 18.9 Å². The zero-order valence-electron chi connectivity index (χ0n) is 10.3. The first-order chi connectivity index (χ1) is 9.09. The molecule has 0 atom stereocenters. The number of nitrogens with two attached hydrogens (primary N) is 1. The molecular weight excluding hydrogens is 262 g/mol. The van der Waals surface area contributed by atoms with Crippen molar-refractivity contribution < 1.29 is 8.42 Å². The molecule has 3 N–H and O–H groups in total. The van der Waals surface area contributed by atoms with Gasteiger partial charge in [0.15, 0.2) is 9.84 Å². The Bertz CT molecular complexity index is 702. The quantitative estimate of drug-likeness (QED) is 0.897. The fourth-order valence-electron chi connectivity index (χ4n) is 2.27. The van der Waals surface area contributed by atoms with Crippen LogP contribution in [-0.4, -0.2) is 23.9 Å². The van der Waals surface area contributed by atoms with Crippen molar-refractivity contribution in [2.24, 2.45) is 0 Å². The van der Waals surface area contributed by atoms with Gasteiger partial charge in [0.25, 0.3) is 0 Å². The number of hydrogen-bond donors (Lipinski definition) is 2. The van der Waals surface area contributed by atoms with Gasteiger partial charge in [0.2, 0.25) is 0 Å². The molecule has 1 aliphatic carbocycles. The largest absolute Gasteiger partial charge is 0.382 e. The lowest BCUT2D eigenvalue weighted by molar-refractivity contribution is 0.477. The predicted molar refractivity (Wildman–Crippen MR) is 73.3 cm³/mol. The molecule has 1 saturated carbocycles. The van der Waals surface area contributed by atoms with Gasteiger partial charge >= 0.3 is 0 Å². The monoisotopic (exact) mass is 277 g/mol. The predicted octanol–water partition coefficient (Wildman–Crippen LogP) is 1.99. The van der Waals surface area contributed by atoms with Crippen LogP contribution in [0, 0.1) is 0 Å². The lowest BCUT2D eigenvalue weighted by Gasteiger charge is -2.26. The Morgan fingerprint density at radius 3 is 2.58 bits per heavy atom. The van der Waals surface area contributed by atoms with Crippen molar-refractivity contribution in [1.29, 1.82) is 0 Å². The minimum Gasteiger partial charge on any atom is -0.382 e. The van der Waals surface area contributed by atoms with E-state index >= 15 is 0 Å². The number of sulfone groups is 1. The van der Waals surface area contributed by atoms with E-state index in [1.54, 1.807) is 24.3 Å². The van der Waals surface area contributed by atoms with Crippen molar-refractivity contribution >= 4 is 15.7 Å². The maximum atomic E-state index is 12.5. The SMILES string of the molecule is Nc1cc(-c2ccccc2S(=O)(=O)C2CCC2)[nH]n1. The summed E-state index contributed by atoms with van der Waals surface area (Å²) in [6.07, 6.45) is 2.49. The number of rotatable bonds is 3. The molecule has 2 aromatic rings. The van der Waals surface area contributed by atoms with Crippen molar-refractivity contribution in [3.8, 4) is 11.3 Å². The molecule has 1 aliphatic rings. The van der Waals surface area contributed by atoms with E-state index in [0.29, 0.717) is 22.0 Å². The van der Waals surface area contributed by atoms with Crippen LogP contribution < -0.4 is 5.73 Å². The summed E-state index contributed by atoms with van der Waals surface area (Å²) in [5.41, 5.74) is 6.85. The normalized spacial score (nSPS) is 16.2. The van der Waals surface area contributed by atoms with Crippen LogP contribution in [0.3, 0.4) is 0 Å². The molecular formula is C13H15N3O2S. The van der Waals surface area contributed by atoms with E-state index in [4.69, 9.17) is 5.73 Å². The standard InChI is InChI=1S/C13H15N3O2S/c14-13-8-11(15-16-13)10-6-1-2-7-12(10)19(17,18)9-4-3-5-9/h1-2,6-9H,3-5H2,(H3,14,15,16). The molecule has 1 aromatic carbocycles. The highest BCUT2D eigenvalue weighted by Crippen LogP contribution is 2.35. The lowest BCUT2D eigenvalue weighted by Crippen LogP contribution is -2.28. The Morgan fingerprint density at radius 2 is 2.00 bits per heavy atom. The van der Waals surface area contributed by atoms with E-state index < -0.39 is 9.84 Å². The zero-order chi connectivity index (χ0) is 13.5. The molecule has 5 nitrogen and oxygen atoms in total. The van der Waals surface area contributed by atoms with Gasteiger partial charge in [-0.15, -0.1) is 0 Å². The minimum absolute atomic E-state index is 0.242. The van der Waals surface area contributed by atoms with Crippen LogP contribution in [0.1, 0.15) is 19.3 Å². The molecule has 0 spiro atoms. The van der Waals surface area contributed by atoms with E-state index in [1.165, 1.54) is 0 Å². The number of hydrogen-bond acceptors (Lipinski definition) is 4. The first-order valence-electron chi connectivity index (χ1n) is 6.23. The molecule has 0 unspecified atom stereocenters. The van der Waals surface area contributed by atoms with Gasteiger partial charge in [-0.25, -0.2) is 8.42 Å². The van der Waals surface area contributed by atoms with Crippen LogP contribution in [0.4, 0.5) is 5.82 Å². The molecule has 6 heteroatoms. The number of nitrogen functional groups attached to an aromatic ring is 1. The van der Waals surface area contributed by atoms with Crippen molar-refractivity contribution in [2.75, 3.05) is 5.73 Å². The molecule has 0 radical (unpaired) electrons. The Balaban J connectivity index is 2.12. The van der Waals surface area contributed by atoms with Crippen molar-refractivity contribution in [3.63, 3.8) is 0 Å². The Morgan fingerprint density at radius 1 is 1.26 bits per heavy atom. The summed E-state index contributed by atoms with van der Waals surface area (Å²) >= 11 is 0. The number of nitrogens with zero attached hydrogens (tertiary/aromatic N) is 1. The zero-order valence-corrected chi connectivity index (χ0v) is 11.2. The molecule has 19 heavy (non-hydrogen) atoms. The topological polar surface area (TPSA) is 88.8 Å². The minimum atomic E-state index is -3.26. The van der Waals surface area contributed by atoms with E-state index in [0.717, 1.165) is 19.3 Å². The fraction of sp³-hybridized carbons (Fsp3) is 0.308. The molecule has 0 aliphatic heterocycles. The molecule has 3 rings (SSSR count). The third-order valence-corrected chi connectivity index (χ3v) is 5.89. The summed E-state index contributed by atoms with van der Waals surface area (Å²) in [5.74, 6) is 0.353. The van der Waals surface area contributed by atoms with Crippen LogP contribution in [-0.2, 0) is 9.84 Å². The number of H-pyrrole nitrogens is 1. The van der Waals surface area contributed by atoms with Crippen LogP contribution in [0.25, 0.3) is 11.3 Å². The van der Waals surface area contributed by atoms with E-state index in [-0.39, 0.29) is 5.25 Å². The molecule has 100 valence electrons. The first-order valence-corrected chi connectivity index (χ1v) is 7.78. The number of aromatic nitrogens is 2. The summed E-state index contributed by atoms with van der Waals surface area (Å²) in [7, 11) is -3.26. The van der Waals surface area contributed by atoms with Gasteiger partial charge < -0.3 is 5.73 Å². The van der Waals surface area contributed by atoms with E-state index in [1.807, 2.05) is 6.07 Å². The second-order valence-corrected chi connectivity index (χ2v) is 7.00. The molecule has 0 bridgehead atoms. The number of nitrogens with one attached hydrogen (secondary N) is 1. The summed E-state index contributed by atoms with van der Waals surface area (Å²) in [4.78, 5) is 0.364. The Kier molecular flexibility index (Phi) is 2.82. The molecule has 1 heterocycles. The van der Waals surface area contributed by atoms with Crippen LogP contribution in [0.5, 0.6) is 0 Å². The average molecular weight is 277 g/mol. The van der Waals surface area contributed by atoms with Gasteiger partial charge in [0.05, 0.1) is 15.8 Å². The maximum absolute atomic E-state index is 12.5. The van der Waals surface area contributed by atoms with E-state index in [9.17, 15) is 8.42 Å². The Labute approximate surface area is 111 Å². The first kappa shape index (κ1) is 12.2. The van der Waals surface area contributed by atoms with Crippen molar-refractivity contribution in [1.82, 2.24) is 10.2 Å². The molecule has 0 amide bonds. The highest BCUT2D eigenvalue weighted by molar-refractivity contribution is 7.92. The summed E-state index contributed by atoms with van der Waals surface area (Å²) in [6.45, 7) is 0. The smallest absolute Gasteiger partial charge is 0.181 e. The van der Waals surface area contributed by atoms with Crippen LogP contribution >= 0.6 is 0 Å². The van der Waals surface area contributed by atoms with Gasteiger partial charge in [0.1, 0.15) is 5.82 Å². The van der Waals surface area contributed by atoms with Gasteiger partial charge in [-0.3, -0.25) is 5.10 Å². The molecule has 1 fully saturated rings. The van der Waals surface area contributed by atoms with E-state index in [2.05, 4.69) is 10.2 Å².